The molecule has 1 aliphatic heterocycles. The number of benzene rings is 2. The highest BCUT2D eigenvalue weighted by Gasteiger charge is 2.19. The van der Waals surface area contributed by atoms with E-state index in [-0.39, 0.29) is 12.1 Å². The molecule has 0 N–H and O–H groups in total. The van der Waals surface area contributed by atoms with Gasteiger partial charge in [-0.3, -0.25) is 4.79 Å². The Kier molecular flexibility index (Phi) is 12.3. The van der Waals surface area contributed by atoms with Crippen molar-refractivity contribution in [2.75, 3.05) is 38.2 Å². The van der Waals surface area contributed by atoms with Gasteiger partial charge in [0.05, 0.1) is 18.8 Å². The van der Waals surface area contributed by atoms with Gasteiger partial charge in [-0.15, -0.1) is 0 Å². The van der Waals surface area contributed by atoms with Gasteiger partial charge in [0.2, 0.25) is 5.91 Å². The number of carbonyl (C=O) groups excluding carboxylic acids is 3. The number of para-hydroxylation sites is 2. The van der Waals surface area contributed by atoms with Gasteiger partial charge in [-0.2, -0.15) is 9.59 Å². The Morgan fingerprint density at radius 1 is 1.00 bits per heavy atom. The predicted octanol–water partition coefficient (Wildman–Crippen LogP) is 3.95. The molecule has 1 aliphatic rings. The first-order valence-corrected chi connectivity index (χ1v) is 10.2. The van der Waals surface area contributed by atoms with Gasteiger partial charge in [-0.25, -0.2) is 0 Å². The molecule has 3 rings (SSSR count). The van der Waals surface area contributed by atoms with E-state index in [1.165, 1.54) is 12.0 Å². The monoisotopic (exact) mass is 412 g/mol. The first-order chi connectivity index (χ1) is 14.5. The van der Waals surface area contributed by atoms with Gasteiger partial charge in [-0.1, -0.05) is 48.0 Å². The van der Waals surface area contributed by atoms with Crippen LogP contribution in [0.1, 0.15) is 31.7 Å². The van der Waals surface area contributed by atoms with Crippen LogP contribution in [0.25, 0.3) is 0 Å². The number of rotatable bonds is 5. The highest BCUT2D eigenvalue weighted by Crippen LogP contribution is 2.27. The summed E-state index contributed by atoms with van der Waals surface area (Å²) in [6.45, 7) is 6.89. The molecule has 6 nitrogen and oxygen atoms in total. The number of likely N-dealkylation sites (tertiary alicyclic amines) is 1. The van der Waals surface area contributed by atoms with Crippen LogP contribution < -0.4 is 9.64 Å². The van der Waals surface area contributed by atoms with Crippen LogP contribution in [0.15, 0.2) is 54.6 Å². The smallest absolute Gasteiger partial charge is 0.373 e. The number of likely N-dealkylation sites (N-methyl/N-ethyl adjacent to an activating group) is 1. The summed E-state index contributed by atoms with van der Waals surface area (Å²) in [7, 11) is 1.94. The van der Waals surface area contributed by atoms with Gasteiger partial charge in [0.25, 0.3) is 0 Å². The predicted molar refractivity (Wildman–Crippen MR) is 117 cm³/mol. The van der Waals surface area contributed by atoms with Gasteiger partial charge < -0.3 is 14.5 Å². The molecular formula is C24H32N2O4. The van der Waals surface area contributed by atoms with Crippen LogP contribution in [0.3, 0.4) is 0 Å². The van der Waals surface area contributed by atoms with Crippen molar-refractivity contribution >= 4 is 17.7 Å². The molecule has 0 spiro atoms. The lowest BCUT2D eigenvalue weighted by atomic mass is 10.1. The molecule has 2 aromatic rings. The van der Waals surface area contributed by atoms with Crippen LogP contribution in [0.4, 0.5) is 5.69 Å². The van der Waals surface area contributed by atoms with E-state index in [1.807, 2.05) is 66.2 Å². The van der Waals surface area contributed by atoms with E-state index in [0.717, 1.165) is 37.4 Å². The van der Waals surface area contributed by atoms with Crippen LogP contribution in [-0.2, 0) is 14.4 Å². The molecule has 0 aliphatic carbocycles. The van der Waals surface area contributed by atoms with Gasteiger partial charge >= 0.3 is 6.15 Å². The fraction of sp³-hybridized carbons (Fsp3) is 0.417. The maximum Gasteiger partial charge on any atom is 0.373 e. The van der Waals surface area contributed by atoms with E-state index < -0.39 is 0 Å². The van der Waals surface area contributed by atoms with Crippen LogP contribution in [0.2, 0.25) is 0 Å². The van der Waals surface area contributed by atoms with Gasteiger partial charge in [0.1, 0.15) is 5.75 Å². The summed E-state index contributed by atoms with van der Waals surface area (Å²) in [4.78, 5) is 32.5. The first kappa shape index (κ1) is 24.9. The molecule has 2 aromatic carbocycles. The van der Waals surface area contributed by atoms with Gasteiger partial charge in [-0.05, 0) is 45.2 Å². The van der Waals surface area contributed by atoms with E-state index in [4.69, 9.17) is 14.3 Å². The largest absolute Gasteiger partial charge is 0.492 e. The van der Waals surface area contributed by atoms with E-state index in [1.54, 1.807) is 0 Å². The number of hydrogen-bond acceptors (Lipinski definition) is 5. The van der Waals surface area contributed by atoms with Crippen LogP contribution in [0.5, 0.6) is 5.75 Å². The molecule has 0 unspecified atom stereocenters. The summed E-state index contributed by atoms with van der Waals surface area (Å²) in [5, 5.41) is 0. The molecule has 162 valence electrons. The van der Waals surface area contributed by atoms with Gasteiger partial charge in [0.15, 0.2) is 0 Å². The number of nitrogens with zero attached hydrogens (tertiary/aromatic N) is 2. The van der Waals surface area contributed by atoms with Crippen molar-refractivity contribution in [3.8, 4) is 5.75 Å². The Morgan fingerprint density at radius 2 is 1.57 bits per heavy atom. The molecule has 0 aromatic heterocycles. The molecule has 6 heteroatoms. The van der Waals surface area contributed by atoms with Crippen LogP contribution >= 0.6 is 0 Å². The Bertz CT molecular complexity index is 768. The summed E-state index contributed by atoms with van der Waals surface area (Å²) >= 11 is 0. The zero-order valence-corrected chi connectivity index (χ0v) is 18.2. The maximum absolute atomic E-state index is 12.3. The lowest BCUT2D eigenvalue weighted by Crippen LogP contribution is -2.41. The summed E-state index contributed by atoms with van der Waals surface area (Å²) < 4.78 is 5.62. The van der Waals surface area contributed by atoms with E-state index >= 15 is 0 Å². The van der Waals surface area contributed by atoms with Crippen molar-refractivity contribution in [1.82, 2.24) is 4.90 Å². The Balaban J connectivity index is 0.000000372. The second-order valence-electron chi connectivity index (χ2n) is 6.94. The van der Waals surface area contributed by atoms with Crippen LogP contribution in [0, 0.1) is 6.92 Å². The second kappa shape index (κ2) is 14.8. The standard InChI is InChI=1S/C16H24N2O2.C7H8.CO2/c1-3-20-15-10-6-5-9-14(15)17(2)13-16(19)18-11-7-4-8-12-18;1-7-5-3-2-4-6-7;2-1-3/h5-6,9-10H,3-4,7-8,11-13H2,1-2H3;2-6H,1H3;. The number of piperidine rings is 1. The molecule has 1 heterocycles. The number of hydrogen-bond donors (Lipinski definition) is 0. The molecule has 1 amide bonds. The quantitative estimate of drug-likeness (QED) is 0.744. The molecule has 0 radical (unpaired) electrons. The number of carbonyl (C=O) groups is 1. The molecule has 0 bridgehead atoms. The van der Waals surface area contributed by atoms with E-state index in [9.17, 15) is 4.79 Å². The van der Waals surface area contributed by atoms with E-state index in [0.29, 0.717) is 13.2 Å². The van der Waals surface area contributed by atoms with Crippen molar-refractivity contribution in [2.45, 2.75) is 33.1 Å². The molecule has 0 atom stereocenters. The van der Waals surface area contributed by atoms with E-state index in [2.05, 4.69) is 19.1 Å². The third-order valence-electron chi connectivity index (χ3n) is 4.60. The number of aryl methyl sites for hydroxylation is 1. The summed E-state index contributed by atoms with van der Waals surface area (Å²) in [5.41, 5.74) is 2.29. The zero-order valence-electron chi connectivity index (χ0n) is 18.2. The highest BCUT2D eigenvalue weighted by atomic mass is 16.5. The van der Waals surface area contributed by atoms with Crippen LogP contribution in [-0.4, -0.2) is 50.2 Å². The minimum absolute atomic E-state index is 0.207. The number of anilines is 1. The number of amides is 1. The average molecular weight is 413 g/mol. The number of ether oxygens (including phenoxy) is 1. The van der Waals surface area contributed by atoms with Crippen molar-refractivity contribution in [1.29, 1.82) is 0 Å². The fourth-order valence-corrected chi connectivity index (χ4v) is 3.12. The third kappa shape index (κ3) is 9.39. The minimum Gasteiger partial charge on any atom is -0.492 e. The molecule has 30 heavy (non-hydrogen) atoms. The summed E-state index contributed by atoms with van der Waals surface area (Å²) in [5.74, 6) is 1.04. The normalized spacial score (nSPS) is 12.3. The summed E-state index contributed by atoms with van der Waals surface area (Å²) in [6, 6.07) is 18.1. The van der Waals surface area contributed by atoms with Crippen molar-refractivity contribution in [3.63, 3.8) is 0 Å². The Hall–Kier alpha value is -3.11. The molecule has 1 saturated heterocycles. The van der Waals surface area contributed by atoms with Gasteiger partial charge in [0, 0.05) is 20.1 Å². The molecule has 0 saturated carbocycles. The lowest BCUT2D eigenvalue weighted by Gasteiger charge is -2.29. The minimum atomic E-state index is 0.207. The average Bonchev–Trinajstić information content (AvgIpc) is 2.76. The molecular weight excluding hydrogens is 380 g/mol. The third-order valence-corrected chi connectivity index (χ3v) is 4.60. The Labute approximate surface area is 179 Å². The summed E-state index contributed by atoms with van der Waals surface area (Å²) in [6.07, 6.45) is 3.75. The highest BCUT2D eigenvalue weighted by molar-refractivity contribution is 5.82. The topological polar surface area (TPSA) is 66.9 Å². The van der Waals surface area contributed by atoms with Crippen molar-refractivity contribution in [2.24, 2.45) is 0 Å². The fourth-order valence-electron chi connectivity index (χ4n) is 3.12. The maximum atomic E-state index is 12.3. The lowest BCUT2D eigenvalue weighted by molar-refractivity contribution is -0.191. The van der Waals surface area contributed by atoms with Crippen molar-refractivity contribution in [3.05, 3.63) is 60.2 Å². The zero-order chi connectivity index (χ0) is 22.2. The Morgan fingerprint density at radius 3 is 2.10 bits per heavy atom. The second-order valence-corrected chi connectivity index (χ2v) is 6.94. The first-order valence-electron chi connectivity index (χ1n) is 10.2. The SMILES string of the molecule is CCOc1ccccc1N(C)CC(=O)N1CCCCC1.Cc1ccccc1.O=C=O. The van der Waals surface area contributed by atoms with Crippen molar-refractivity contribution < 1.29 is 19.1 Å². The molecule has 1 fully saturated rings.